The summed E-state index contributed by atoms with van der Waals surface area (Å²) in [6.07, 6.45) is -4.53. The summed E-state index contributed by atoms with van der Waals surface area (Å²) in [7, 11) is 0. The molecule has 0 radical (unpaired) electrons. The van der Waals surface area contributed by atoms with E-state index in [-0.39, 0.29) is 30.1 Å². The standard InChI is InChI=1S/C16H19N3O7/c20-6-12(23)13(24)11(22)5-19-10-4-8(21)2-1-7(10)3-9-14(19)17-16(26)18-15(9)25/h1-2,4,11-13,20-24H,3,5-6H2,(H2,17,18,25,26)/t11-,12+,13-/m0/s1. The fourth-order valence-electron chi connectivity index (χ4n) is 3.01. The van der Waals surface area contributed by atoms with Crippen LogP contribution in [0, 0.1) is 0 Å². The normalized spacial score (nSPS) is 16.5. The molecule has 1 aromatic heterocycles. The van der Waals surface area contributed by atoms with Crippen LogP contribution in [0.15, 0.2) is 27.8 Å². The lowest BCUT2D eigenvalue weighted by Gasteiger charge is -2.35. The Balaban J connectivity index is 2.07. The number of β-amino-alcohol motifs (C(OH)–C–C–N with tert-alkyl or cyclic N) is 1. The zero-order chi connectivity index (χ0) is 19.0. The Morgan fingerprint density at radius 3 is 2.54 bits per heavy atom. The van der Waals surface area contributed by atoms with Crippen LogP contribution in [0.1, 0.15) is 11.1 Å². The molecule has 10 nitrogen and oxygen atoms in total. The highest BCUT2D eigenvalue weighted by Gasteiger charge is 2.31. The topological polar surface area (TPSA) is 170 Å². The number of aromatic nitrogens is 2. The molecule has 0 amide bonds. The van der Waals surface area contributed by atoms with Crippen molar-refractivity contribution in [3.63, 3.8) is 0 Å². The first-order chi connectivity index (χ1) is 12.3. The highest BCUT2D eigenvalue weighted by molar-refractivity contribution is 5.72. The average molecular weight is 365 g/mol. The number of H-pyrrole nitrogens is 2. The maximum Gasteiger partial charge on any atom is 0.327 e. The molecule has 26 heavy (non-hydrogen) atoms. The van der Waals surface area contributed by atoms with Crippen LogP contribution in [0.4, 0.5) is 11.5 Å². The summed E-state index contributed by atoms with van der Waals surface area (Å²) in [4.78, 5) is 29.8. The molecule has 0 spiro atoms. The van der Waals surface area contributed by atoms with Gasteiger partial charge in [-0.25, -0.2) is 4.79 Å². The molecular formula is C16H19N3O7. The minimum atomic E-state index is -1.65. The zero-order valence-corrected chi connectivity index (χ0v) is 13.6. The van der Waals surface area contributed by atoms with Crippen LogP contribution in [0.2, 0.25) is 0 Å². The first kappa shape index (κ1) is 18.1. The zero-order valence-electron chi connectivity index (χ0n) is 13.6. The van der Waals surface area contributed by atoms with Crippen molar-refractivity contribution in [1.82, 2.24) is 9.97 Å². The van der Waals surface area contributed by atoms with Gasteiger partial charge in [0.15, 0.2) is 0 Å². The predicted octanol–water partition coefficient (Wildman–Crippen LogP) is -2.11. The average Bonchev–Trinajstić information content (AvgIpc) is 2.61. The van der Waals surface area contributed by atoms with Crippen molar-refractivity contribution in [1.29, 1.82) is 0 Å². The molecule has 3 atom stereocenters. The number of benzene rings is 1. The van der Waals surface area contributed by atoms with Gasteiger partial charge in [0.25, 0.3) is 5.56 Å². The maximum absolute atomic E-state index is 12.1. The van der Waals surface area contributed by atoms with Gasteiger partial charge in [-0.15, -0.1) is 0 Å². The molecule has 140 valence electrons. The Morgan fingerprint density at radius 1 is 1.12 bits per heavy atom. The van der Waals surface area contributed by atoms with Crippen molar-refractivity contribution < 1.29 is 25.5 Å². The van der Waals surface area contributed by atoms with Gasteiger partial charge in [-0.05, 0) is 11.6 Å². The molecule has 1 aromatic carbocycles. The Morgan fingerprint density at radius 2 is 1.85 bits per heavy atom. The third-order valence-electron chi connectivity index (χ3n) is 4.36. The Bertz CT molecular complexity index is 923. The molecule has 2 heterocycles. The largest absolute Gasteiger partial charge is 0.508 e. The van der Waals surface area contributed by atoms with Crippen LogP contribution in [-0.4, -0.2) is 67.0 Å². The number of rotatable bonds is 5. The van der Waals surface area contributed by atoms with Gasteiger partial charge in [-0.2, -0.15) is 0 Å². The molecule has 0 unspecified atom stereocenters. The summed E-state index contributed by atoms with van der Waals surface area (Å²) in [5.74, 6) is 0.0661. The second-order valence-corrected chi connectivity index (χ2v) is 6.14. The molecular weight excluding hydrogens is 346 g/mol. The lowest BCUT2D eigenvalue weighted by Crippen LogP contribution is -2.46. The van der Waals surface area contributed by atoms with Crippen LogP contribution in [0.3, 0.4) is 0 Å². The van der Waals surface area contributed by atoms with Crippen LogP contribution in [0.5, 0.6) is 5.75 Å². The van der Waals surface area contributed by atoms with Gasteiger partial charge in [0.2, 0.25) is 0 Å². The Kier molecular flexibility index (Phi) is 4.83. The number of nitrogens with one attached hydrogen (secondary N) is 2. The first-order valence-electron chi connectivity index (χ1n) is 7.91. The fraction of sp³-hybridized carbons (Fsp3) is 0.375. The number of aromatic hydroxyl groups is 1. The number of hydrogen-bond donors (Lipinski definition) is 7. The highest BCUT2D eigenvalue weighted by atomic mass is 16.4. The SMILES string of the molecule is O=c1[nH]c2c(c(=O)[nH]1)Cc1ccc(O)cc1N2C[C@H](O)[C@H](O)[C@H](O)CO. The molecule has 3 rings (SSSR count). The molecule has 10 heteroatoms. The number of anilines is 2. The molecule has 1 aliphatic heterocycles. The number of aromatic amines is 2. The molecule has 0 saturated heterocycles. The van der Waals surface area contributed by atoms with Gasteiger partial charge < -0.3 is 30.4 Å². The molecule has 0 saturated carbocycles. The van der Waals surface area contributed by atoms with Gasteiger partial charge in [0.05, 0.1) is 18.7 Å². The van der Waals surface area contributed by atoms with E-state index < -0.39 is 36.2 Å². The van der Waals surface area contributed by atoms with Gasteiger partial charge >= 0.3 is 5.69 Å². The van der Waals surface area contributed by atoms with Gasteiger partial charge in [-0.1, -0.05) is 6.07 Å². The lowest BCUT2D eigenvalue weighted by molar-refractivity contribution is -0.0727. The number of aliphatic hydroxyl groups excluding tert-OH is 4. The molecule has 0 fully saturated rings. The van der Waals surface area contributed by atoms with Crippen LogP contribution in [-0.2, 0) is 6.42 Å². The van der Waals surface area contributed by atoms with E-state index >= 15 is 0 Å². The summed E-state index contributed by atoms with van der Waals surface area (Å²) < 4.78 is 0. The Labute approximate surface area is 146 Å². The van der Waals surface area contributed by atoms with Gasteiger partial charge in [0, 0.05) is 18.2 Å². The van der Waals surface area contributed by atoms with Crippen molar-refractivity contribution in [2.24, 2.45) is 0 Å². The first-order valence-corrected chi connectivity index (χ1v) is 7.91. The van der Waals surface area contributed by atoms with Crippen molar-refractivity contribution in [3.8, 4) is 5.75 Å². The third kappa shape index (κ3) is 3.22. The quantitative estimate of drug-likeness (QED) is 0.315. The summed E-state index contributed by atoms with van der Waals surface area (Å²) >= 11 is 0. The van der Waals surface area contributed by atoms with E-state index in [1.54, 1.807) is 6.07 Å². The smallest absolute Gasteiger partial charge is 0.327 e. The number of hydrogen-bond acceptors (Lipinski definition) is 8. The highest BCUT2D eigenvalue weighted by Crippen LogP contribution is 2.37. The second-order valence-electron chi connectivity index (χ2n) is 6.14. The summed E-state index contributed by atoms with van der Waals surface area (Å²) in [5.41, 5.74) is 0.0265. The number of phenols is 1. The fourth-order valence-corrected chi connectivity index (χ4v) is 3.01. The number of aliphatic hydroxyl groups is 4. The molecule has 1 aliphatic rings. The van der Waals surface area contributed by atoms with Crippen LogP contribution >= 0.6 is 0 Å². The number of nitrogens with zero attached hydrogens (tertiary/aromatic N) is 1. The minimum Gasteiger partial charge on any atom is -0.508 e. The van der Waals surface area contributed by atoms with Crippen LogP contribution < -0.4 is 16.1 Å². The third-order valence-corrected chi connectivity index (χ3v) is 4.36. The van der Waals surface area contributed by atoms with E-state index in [0.29, 0.717) is 11.3 Å². The van der Waals surface area contributed by atoms with E-state index in [0.717, 1.165) is 0 Å². The summed E-state index contributed by atoms with van der Waals surface area (Å²) in [5, 5.41) is 48.4. The maximum atomic E-state index is 12.1. The van der Waals surface area contributed by atoms with Gasteiger partial charge in [-0.3, -0.25) is 14.8 Å². The second kappa shape index (κ2) is 6.92. The van der Waals surface area contributed by atoms with Crippen molar-refractivity contribution in [3.05, 3.63) is 50.2 Å². The number of phenolic OH excluding ortho intramolecular Hbond substituents is 1. The molecule has 0 aliphatic carbocycles. The summed E-state index contributed by atoms with van der Waals surface area (Å²) in [6.45, 7) is -1.05. The predicted molar refractivity (Wildman–Crippen MR) is 90.7 cm³/mol. The molecule has 0 bridgehead atoms. The lowest BCUT2D eigenvalue weighted by atomic mass is 9.97. The van der Waals surface area contributed by atoms with E-state index in [2.05, 4.69) is 9.97 Å². The van der Waals surface area contributed by atoms with Crippen molar-refractivity contribution in [2.45, 2.75) is 24.7 Å². The van der Waals surface area contributed by atoms with E-state index in [9.17, 15) is 30.0 Å². The van der Waals surface area contributed by atoms with Crippen molar-refractivity contribution in [2.75, 3.05) is 18.1 Å². The van der Waals surface area contributed by atoms with E-state index in [1.807, 2.05) is 0 Å². The molecule has 7 N–H and O–H groups in total. The van der Waals surface area contributed by atoms with Crippen molar-refractivity contribution >= 4 is 11.5 Å². The molecule has 2 aromatic rings. The summed E-state index contributed by atoms with van der Waals surface area (Å²) in [6, 6.07) is 4.46. The van der Waals surface area contributed by atoms with E-state index in [1.165, 1.54) is 17.0 Å². The van der Waals surface area contributed by atoms with Gasteiger partial charge in [0.1, 0.15) is 29.9 Å². The Hall–Kier alpha value is -2.66. The number of fused-ring (bicyclic) bond motifs is 2. The monoisotopic (exact) mass is 365 g/mol. The minimum absolute atomic E-state index is 0.0604. The van der Waals surface area contributed by atoms with E-state index in [4.69, 9.17) is 5.11 Å². The van der Waals surface area contributed by atoms with Crippen LogP contribution in [0.25, 0.3) is 0 Å².